The zero-order valence-electron chi connectivity index (χ0n) is 19.1. The lowest BCUT2D eigenvalue weighted by atomic mass is 9.89. The number of aromatic nitrogens is 1. The number of carbonyl (C=O) groups excluding carboxylic acids is 2. The predicted octanol–water partition coefficient (Wildman–Crippen LogP) is 5.13. The van der Waals surface area contributed by atoms with Gasteiger partial charge >= 0.3 is 0 Å². The predicted molar refractivity (Wildman–Crippen MR) is 124 cm³/mol. The van der Waals surface area contributed by atoms with Crippen LogP contribution in [0.4, 0.5) is 0 Å². The summed E-state index contributed by atoms with van der Waals surface area (Å²) in [5.41, 5.74) is 1.01. The van der Waals surface area contributed by atoms with Crippen molar-refractivity contribution in [3.05, 3.63) is 42.2 Å². The number of pyridine rings is 1. The number of hydrogen-bond acceptors (Lipinski definition) is 4. The average molecular weight is 429 g/mol. The van der Waals surface area contributed by atoms with E-state index >= 15 is 0 Å². The van der Waals surface area contributed by atoms with Gasteiger partial charge in [0, 0.05) is 37.7 Å². The summed E-state index contributed by atoms with van der Waals surface area (Å²) in [5, 5.41) is 13.0. The van der Waals surface area contributed by atoms with Crippen molar-refractivity contribution in [2.24, 2.45) is 11.8 Å². The van der Waals surface area contributed by atoms with E-state index < -0.39 is 0 Å². The first-order chi connectivity index (χ1) is 15.1. The number of amides is 1. The second kappa shape index (κ2) is 14.9. The number of aliphatic hydroxyl groups is 1. The highest BCUT2D eigenvalue weighted by atomic mass is 16.3. The molecule has 0 aliphatic heterocycles. The van der Waals surface area contributed by atoms with Crippen LogP contribution in [0.25, 0.3) is 0 Å². The number of nitrogens with one attached hydrogen (secondary N) is 1. The molecule has 1 heterocycles. The van der Waals surface area contributed by atoms with Gasteiger partial charge in [-0.3, -0.25) is 14.6 Å². The quantitative estimate of drug-likeness (QED) is 0.300. The molecule has 2 rings (SSSR count). The molecule has 1 saturated carbocycles. The number of aliphatic hydroxyl groups excluding tert-OH is 1. The fourth-order valence-corrected chi connectivity index (χ4v) is 4.31. The molecule has 2 N–H and O–H groups in total. The van der Waals surface area contributed by atoms with Crippen LogP contribution in [0.2, 0.25) is 0 Å². The fraction of sp³-hybridized carbons (Fsp3) is 0.654. The molecular formula is C26H40N2O3. The van der Waals surface area contributed by atoms with Crippen LogP contribution in [0.5, 0.6) is 0 Å². The first-order valence-electron chi connectivity index (χ1n) is 12.1. The van der Waals surface area contributed by atoms with Crippen molar-refractivity contribution in [2.75, 3.05) is 0 Å². The summed E-state index contributed by atoms with van der Waals surface area (Å²) in [7, 11) is 0. The van der Waals surface area contributed by atoms with Crippen LogP contribution >= 0.6 is 0 Å². The molecule has 0 unspecified atom stereocenters. The van der Waals surface area contributed by atoms with E-state index in [-0.39, 0.29) is 23.8 Å². The van der Waals surface area contributed by atoms with E-state index in [0.717, 1.165) is 69.8 Å². The van der Waals surface area contributed by atoms with Crippen LogP contribution in [0.1, 0.15) is 89.5 Å². The van der Waals surface area contributed by atoms with Crippen molar-refractivity contribution in [3.8, 4) is 0 Å². The summed E-state index contributed by atoms with van der Waals surface area (Å²) in [6.07, 6.45) is 18.3. The number of unbranched alkanes of at least 4 members (excludes halogenated alkanes) is 5. The molecule has 1 fully saturated rings. The van der Waals surface area contributed by atoms with Gasteiger partial charge in [-0.05, 0) is 43.2 Å². The highest BCUT2D eigenvalue weighted by Crippen LogP contribution is 2.34. The summed E-state index contributed by atoms with van der Waals surface area (Å²) < 4.78 is 0. The van der Waals surface area contributed by atoms with E-state index in [0.29, 0.717) is 25.2 Å². The molecular weight excluding hydrogens is 388 g/mol. The van der Waals surface area contributed by atoms with E-state index in [1.165, 1.54) is 0 Å². The smallest absolute Gasteiger partial charge is 0.220 e. The molecule has 0 radical (unpaired) electrons. The first kappa shape index (κ1) is 25.3. The number of nitrogens with zero attached hydrogens (tertiary/aromatic N) is 1. The molecule has 5 heteroatoms. The number of allylic oxidation sites excluding steroid dienone is 1. The molecule has 5 nitrogen and oxygen atoms in total. The lowest BCUT2D eigenvalue weighted by Gasteiger charge is -2.15. The molecule has 172 valence electrons. The zero-order valence-corrected chi connectivity index (χ0v) is 19.1. The number of rotatable bonds is 15. The molecule has 0 bridgehead atoms. The molecule has 0 saturated heterocycles. The summed E-state index contributed by atoms with van der Waals surface area (Å²) in [6, 6.07) is 3.82. The van der Waals surface area contributed by atoms with E-state index in [1.54, 1.807) is 12.4 Å². The maximum atomic E-state index is 12.3. The standard InChI is InChI=1S/C26H40N2O3/c1-2-3-6-11-23(29)16-14-22-15-17-25(30)24(22)12-7-4-5-8-13-26(31)28-20-21-10-9-18-27-19-21/h9-10,14,16,18-19,22-24,29H,2-8,11-13,15,17,20H2,1H3,(H,28,31)/b16-14+/t22-,23-,24+/m0/s1. The second-order valence-electron chi connectivity index (χ2n) is 8.81. The number of hydrogen-bond donors (Lipinski definition) is 2. The Balaban J connectivity index is 1.57. The van der Waals surface area contributed by atoms with Gasteiger partial charge in [0.15, 0.2) is 0 Å². The number of Topliss-reactive ketones (excluding diaryl/α,β-unsaturated/α-hetero) is 1. The van der Waals surface area contributed by atoms with Crippen molar-refractivity contribution in [1.82, 2.24) is 10.3 Å². The van der Waals surface area contributed by atoms with Gasteiger partial charge in [-0.25, -0.2) is 0 Å². The van der Waals surface area contributed by atoms with Crippen molar-refractivity contribution in [3.63, 3.8) is 0 Å². The molecule has 1 aliphatic carbocycles. The number of ketones is 1. The lowest BCUT2D eigenvalue weighted by Crippen LogP contribution is -2.22. The largest absolute Gasteiger partial charge is 0.389 e. The SMILES string of the molecule is CCCCC[C@H](O)/C=C/[C@H]1CCC(=O)[C@@H]1CCCCCCC(=O)NCc1cccnc1. The van der Waals surface area contributed by atoms with E-state index in [2.05, 4.69) is 23.3 Å². The van der Waals surface area contributed by atoms with Gasteiger partial charge < -0.3 is 10.4 Å². The van der Waals surface area contributed by atoms with Crippen LogP contribution < -0.4 is 5.32 Å². The van der Waals surface area contributed by atoms with Gasteiger partial charge in [0.1, 0.15) is 5.78 Å². The van der Waals surface area contributed by atoms with Gasteiger partial charge in [0.25, 0.3) is 0 Å². The van der Waals surface area contributed by atoms with Gasteiger partial charge in [-0.1, -0.05) is 63.7 Å². The molecule has 1 amide bonds. The van der Waals surface area contributed by atoms with Crippen LogP contribution in [0.3, 0.4) is 0 Å². The molecule has 1 aromatic rings. The summed E-state index contributed by atoms with van der Waals surface area (Å²) in [6.45, 7) is 2.69. The first-order valence-corrected chi connectivity index (χ1v) is 12.1. The third-order valence-electron chi connectivity index (χ3n) is 6.22. The molecule has 0 aromatic carbocycles. The molecule has 3 atom stereocenters. The van der Waals surface area contributed by atoms with Gasteiger partial charge in [-0.2, -0.15) is 0 Å². The van der Waals surface area contributed by atoms with E-state index in [4.69, 9.17) is 0 Å². The molecule has 1 aliphatic rings. The summed E-state index contributed by atoms with van der Waals surface area (Å²) in [4.78, 5) is 28.3. The monoisotopic (exact) mass is 428 g/mol. The average Bonchev–Trinajstić information content (AvgIpc) is 3.13. The minimum absolute atomic E-state index is 0.0810. The Bertz CT molecular complexity index is 674. The van der Waals surface area contributed by atoms with Gasteiger partial charge in [0.05, 0.1) is 6.10 Å². The lowest BCUT2D eigenvalue weighted by molar-refractivity contribution is -0.122. The third kappa shape index (κ3) is 10.2. The topological polar surface area (TPSA) is 79.3 Å². The highest BCUT2D eigenvalue weighted by molar-refractivity contribution is 5.83. The molecule has 0 spiro atoms. The summed E-state index contributed by atoms with van der Waals surface area (Å²) in [5.74, 6) is 0.857. The van der Waals surface area contributed by atoms with Crippen LogP contribution in [0, 0.1) is 11.8 Å². The highest BCUT2D eigenvalue weighted by Gasteiger charge is 2.32. The molecule has 1 aromatic heterocycles. The maximum absolute atomic E-state index is 12.3. The van der Waals surface area contributed by atoms with Gasteiger partial charge in [-0.15, -0.1) is 0 Å². The fourth-order valence-electron chi connectivity index (χ4n) is 4.31. The number of carbonyl (C=O) groups is 2. The summed E-state index contributed by atoms with van der Waals surface area (Å²) >= 11 is 0. The molecule has 31 heavy (non-hydrogen) atoms. The third-order valence-corrected chi connectivity index (χ3v) is 6.22. The van der Waals surface area contributed by atoms with Crippen LogP contribution in [0.15, 0.2) is 36.7 Å². The van der Waals surface area contributed by atoms with Crippen molar-refractivity contribution in [2.45, 2.75) is 96.6 Å². The maximum Gasteiger partial charge on any atom is 0.220 e. The zero-order chi connectivity index (χ0) is 22.3. The normalized spacial score (nSPS) is 19.7. The van der Waals surface area contributed by atoms with Crippen LogP contribution in [-0.4, -0.2) is 27.9 Å². The van der Waals surface area contributed by atoms with Crippen LogP contribution in [-0.2, 0) is 16.1 Å². The Labute approximate surface area is 187 Å². The Morgan fingerprint density at radius 3 is 2.87 bits per heavy atom. The van der Waals surface area contributed by atoms with Crippen molar-refractivity contribution < 1.29 is 14.7 Å². The van der Waals surface area contributed by atoms with Crippen molar-refractivity contribution >= 4 is 11.7 Å². The van der Waals surface area contributed by atoms with Crippen molar-refractivity contribution in [1.29, 1.82) is 0 Å². The minimum atomic E-state index is -0.382. The Hall–Kier alpha value is -2.01. The Kier molecular flexibility index (Phi) is 12.1. The Morgan fingerprint density at radius 1 is 1.26 bits per heavy atom. The van der Waals surface area contributed by atoms with Gasteiger partial charge in [0.2, 0.25) is 5.91 Å². The second-order valence-corrected chi connectivity index (χ2v) is 8.81. The minimum Gasteiger partial charge on any atom is -0.389 e. The Morgan fingerprint density at radius 2 is 2.10 bits per heavy atom. The van der Waals surface area contributed by atoms with E-state index in [9.17, 15) is 14.7 Å². The van der Waals surface area contributed by atoms with E-state index in [1.807, 2.05) is 18.2 Å².